The van der Waals surface area contributed by atoms with Crippen LogP contribution in [0.15, 0.2) is 6.08 Å². The van der Waals surface area contributed by atoms with Crippen LogP contribution in [0.1, 0.15) is 19.2 Å². The van der Waals surface area contributed by atoms with Crippen LogP contribution in [0, 0.1) is 0 Å². The topological polar surface area (TPSA) is 74.8 Å². The Hall–Kier alpha value is -1.72. The summed E-state index contributed by atoms with van der Waals surface area (Å²) in [6, 6.07) is 0. The fraction of sp³-hybridized carbons (Fsp3) is 0.500. The van der Waals surface area contributed by atoms with Gasteiger partial charge in [-0.1, -0.05) is 6.08 Å². The Morgan fingerprint density at radius 3 is 3.00 bits per heavy atom. The highest BCUT2D eigenvalue weighted by Gasteiger charge is 2.16. The van der Waals surface area contributed by atoms with Gasteiger partial charge in [-0.25, -0.2) is 0 Å². The molecule has 1 aromatic rings. The molecule has 0 bridgehead atoms. The molecule has 0 aliphatic carbocycles. The Morgan fingerprint density at radius 2 is 2.50 bits per heavy atom. The maximum absolute atomic E-state index is 11.0. The van der Waals surface area contributed by atoms with Crippen LogP contribution in [0.2, 0.25) is 0 Å². The minimum absolute atomic E-state index is 0.105. The van der Waals surface area contributed by atoms with Crippen molar-refractivity contribution in [3.8, 4) is 0 Å². The molecular weight excluding hydrogens is 182 g/mol. The number of aromatic nitrogens is 4. The van der Waals surface area contributed by atoms with Crippen LogP contribution in [0.3, 0.4) is 0 Å². The predicted molar refractivity (Wildman–Crippen MR) is 49.0 cm³/mol. The summed E-state index contributed by atoms with van der Waals surface area (Å²) in [4.78, 5) is 12.8. The molecule has 1 aliphatic heterocycles. The zero-order chi connectivity index (χ0) is 9.97. The summed E-state index contributed by atoms with van der Waals surface area (Å²) < 4.78 is 0. The number of carbonyl (C=O) groups excluding carboxylic acids is 1. The number of H-pyrrole nitrogens is 1. The van der Waals surface area contributed by atoms with Crippen LogP contribution in [0.5, 0.6) is 0 Å². The predicted octanol–water partition coefficient (Wildman–Crippen LogP) is -0.165. The highest BCUT2D eigenvalue weighted by atomic mass is 16.2. The molecular formula is C8H11N5O. The fourth-order valence-corrected chi connectivity index (χ4v) is 1.46. The maximum atomic E-state index is 11.0. The van der Waals surface area contributed by atoms with Crippen LogP contribution in [-0.4, -0.2) is 44.5 Å². The standard InChI is InChI=1S/C8H11N5O/c1-6(14)13-4-2-7(3-5-13)8-9-11-12-10-8/h2H,3-5H2,1H3,(H,9,10,11,12). The number of amides is 1. The quantitative estimate of drug-likeness (QED) is 0.672. The van der Waals surface area contributed by atoms with Crippen LogP contribution in [-0.2, 0) is 4.79 Å². The summed E-state index contributed by atoms with van der Waals surface area (Å²) >= 11 is 0. The lowest BCUT2D eigenvalue weighted by Crippen LogP contribution is -2.32. The first-order valence-electron chi connectivity index (χ1n) is 4.46. The number of carbonyl (C=O) groups is 1. The molecule has 0 aromatic carbocycles. The zero-order valence-electron chi connectivity index (χ0n) is 7.90. The molecule has 74 valence electrons. The number of hydrogen-bond donors (Lipinski definition) is 1. The monoisotopic (exact) mass is 193 g/mol. The lowest BCUT2D eigenvalue weighted by molar-refractivity contribution is -0.128. The summed E-state index contributed by atoms with van der Waals surface area (Å²) in [5.41, 5.74) is 1.05. The largest absolute Gasteiger partial charge is 0.339 e. The third-order valence-corrected chi connectivity index (χ3v) is 2.29. The van der Waals surface area contributed by atoms with Crippen LogP contribution in [0.25, 0.3) is 5.57 Å². The zero-order valence-corrected chi connectivity index (χ0v) is 7.90. The molecule has 1 aromatic heterocycles. The molecule has 6 nitrogen and oxygen atoms in total. The van der Waals surface area contributed by atoms with Crippen molar-refractivity contribution in [2.45, 2.75) is 13.3 Å². The molecule has 0 spiro atoms. The van der Waals surface area contributed by atoms with Crippen LogP contribution >= 0.6 is 0 Å². The van der Waals surface area contributed by atoms with Crippen molar-refractivity contribution < 1.29 is 4.79 Å². The summed E-state index contributed by atoms with van der Waals surface area (Å²) in [6.45, 7) is 2.95. The number of nitrogens with one attached hydrogen (secondary N) is 1. The average molecular weight is 193 g/mol. The molecule has 14 heavy (non-hydrogen) atoms. The van der Waals surface area contributed by atoms with E-state index in [-0.39, 0.29) is 5.91 Å². The van der Waals surface area contributed by atoms with E-state index in [1.54, 1.807) is 11.8 Å². The molecule has 1 aliphatic rings. The van der Waals surface area contributed by atoms with E-state index in [9.17, 15) is 4.79 Å². The van der Waals surface area contributed by atoms with Gasteiger partial charge in [0.15, 0.2) is 5.82 Å². The van der Waals surface area contributed by atoms with Crippen LogP contribution < -0.4 is 0 Å². The number of aromatic amines is 1. The minimum Gasteiger partial charge on any atom is -0.339 e. The first-order valence-corrected chi connectivity index (χ1v) is 4.46. The lowest BCUT2D eigenvalue weighted by Gasteiger charge is -2.23. The molecule has 2 heterocycles. The average Bonchev–Trinajstić information content (AvgIpc) is 2.71. The Labute approximate surface area is 81.0 Å². The molecule has 1 N–H and O–H groups in total. The van der Waals surface area contributed by atoms with Crippen molar-refractivity contribution in [1.29, 1.82) is 0 Å². The normalized spacial score (nSPS) is 16.6. The van der Waals surface area contributed by atoms with Gasteiger partial charge >= 0.3 is 0 Å². The first kappa shape index (κ1) is 8.86. The van der Waals surface area contributed by atoms with Crippen molar-refractivity contribution in [3.05, 3.63) is 11.9 Å². The summed E-state index contributed by atoms with van der Waals surface area (Å²) in [5, 5.41) is 13.7. The van der Waals surface area contributed by atoms with Gasteiger partial charge in [-0.05, 0) is 11.6 Å². The summed E-state index contributed by atoms with van der Waals surface area (Å²) in [6.07, 6.45) is 2.76. The van der Waals surface area contributed by atoms with Gasteiger partial charge in [0.2, 0.25) is 5.91 Å². The van der Waals surface area contributed by atoms with Crippen molar-refractivity contribution >= 4 is 11.5 Å². The SMILES string of the molecule is CC(=O)N1CC=C(c2nn[nH]n2)CC1. The Morgan fingerprint density at radius 1 is 1.64 bits per heavy atom. The van der Waals surface area contributed by atoms with Crippen LogP contribution in [0.4, 0.5) is 0 Å². The molecule has 0 unspecified atom stereocenters. The second kappa shape index (κ2) is 3.57. The van der Waals surface area contributed by atoms with E-state index in [4.69, 9.17) is 0 Å². The number of rotatable bonds is 1. The Bertz CT molecular complexity index is 356. The van der Waals surface area contributed by atoms with E-state index in [2.05, 4.69) is 20.6 Å². The third-order valence-electron chi connectivity index (χ3n) is 2.29. The van der Waals surface area contributed by atoms with Gasteiger partial charge in [0, 0.05) is 25.6 Å². The highest BCUT2D eigenvalue weighted by Crippen LogP contribution is 2.17. The van der Waals surface area contributed by atoms with Crippen molar-refractivity contribution in [2.75, 3.05) is 13.1 Å². The summed E-state index contributed by atoms with van der Waals surface area (Å²) in [5.74, 6) is 0.738. The summed E-state index contributed by atoms with van der Waals surface area (Å²) in [7, 11) is 0. The minimum atomic E-state index is 0.105. The second-order valence-corrected chi connectivity index (χ2v) is 3.18. The highest BCUT2D eigenvalue weighted by molar-refractivity contribution is 5.75. The fourth-order valence-electron chi connectivity index (χ4n) is 1.46. The van der Waals surface area contributed by atoms with E-state index in [0.717, 1.165) is 18.5 Å². The molecule has 1 amide bonds. The molecule has 0 saturated heterocycles. The Balaban J connectivity index is 2.09. The number of nitrogens with zero attached hydrogens (tertiary/aromatic N) is 4. The molecule has 0 atom stereocenters. The van der Waals surface area contributed by atoms with Gasteiger partial charge in [-0.15, -0.1) is 10.2 Å². The molecule has 6 heteroatoms. The molecule has 2 rings (SSSR count). The van der Waals surface area contributed by atoms with E-state index in [1.807, 2.05) is 6.08 Å². The lowest BCUT2D eigenvalue weighted by atomic mass is 10.1. The van der Waals surface area contributed by atoms with Gasteiger partial charge in [-0.2, -0.15) is 5.21 Å². The van der Waals surface area contributed by atoms with E-state index < -0.39 is 0 Å². The maximum Gasteiger partial charge on any atom is 0.219 e. The van der Waals surface area contributed by atoms with Gasteiger partial charge in [0.1, 0.15) is 0 Å². The van der Waals surface area contributed by atoms with Crippen molar-refractivity contribution in [1.82, 2.24) is 25.5 Å². The van der Waals surface area contributed by atoms with E-state index in [1.165, 1.54) is 0 Å². The van der Waals surface area contributed by atoms with Gasteiger partial charge in [-0.3, -0.25) is 4.79 Å². The third kappa shape index (κ3) is 1.63. The number of tetrazole rings is 1. The number of hydrogen-bond acceptors (Lipinski definition) is 4. The second-order valence-electron chi connectivity index (χ2n) is 3.18. The first-order chi connectivity index (χ1) is 6.77. The van der Waals surface area contributed by atoms with Gasteiger partial charge in [0.05, 0.1) is 0 Å². The van der Waals surface area contributed by atoms with E-state index >= 15 is 0 Å². The van der Waals surface area contributed by atoms with Gasteiger partial charge in [0.25, 0.3) is 0 Å². The smallest absolute Gasteiger partial charge is 0.219 e. The molecule has 0 fully saturated rings. The van der Waals surface area contributed by atoms with E-state index in [0.29, 0.717) is 12.4 Å². The Kier molecular flexibility index (Phi) is 2.26. The molecule has 0 saturated carbocycles. The van der Waals surface area contributed by atoms with Gasteiger partial charge < -0.3 is 4.90 Å². The molecule has 0 radical (unpaired) electrons. The van der Waals surface area contributed by atoms with Crippen molar-refractivity contribution in [3.63, 3.8) is 0 Å². The van der Waals surface area contributed by atoms with Crippen molar-refractivity contribution in [2.24, 2.45) is 0 Å².